The first-order chi connectivity index (χ1) is 14.7. The average Bonchev–Trinajstić information content (AvgIpc) is 2.80. The molecule has 2 heterocycles. The SMILES string of the molecule is Cc1ccccc1NC(=O)c1cc(NCc2ccccn2)nc(-c2ccccc2)n1. The summed E-state index contributed by atoms with van der Waals surface area (Å²) in [6.07, 6.45) is 1.74. The number of carbonyl (C=O) groups excluding carboxylic acids is 1. The molecule has 148 valence electrons. The van der Waals surface area contributed by atoms with Crippen molar-refractivity contribution in [3.8, 4) is 11.4 Å². The Balaban J connectivity index is 1.64. The number of para-hydroxylation sites is 1. The molecule has 0 fully saturated rings. The summed E-state index contributed by atoms with van der Waals surface area (Å²) >= 11 is 0. The van der Waals surface area contributed by atoms with Crippen LogP contribution in [0.25, 0.3) is 11.4 Å². The number of amides is 1. The van der Waals surface area contributed by atoms with E-state index >= 15 is 0 Å². The van der Waals surface area contributed by atoms with E-state index in [2.05, 4.69) is 25.6 Å². The minimum atomic E-state index is -0.287. The second-order valence-electron chi connectivity index (χ2n) is 6.77. The predicted molar refractivity (Wildman–Crippen MR) is 118 cm³/mol. The van der Waals surface area contributed by atoms with Crippen LogP contribution in [-0.2, 0) is 6.54 Å². The number of rotatable bonds is 6. The predicted octanol–water partition coefficient (Wildman–Crippen LogP) is 4.71. The molecule has 0 aliphatic heterocycles. The Morgan fingerprint density at radius 3 is 2.43 bits per heavy atom. The van der Waals surface area contributed by atoms with Gasteiger partial charge in [-0.05, 0) is 30.7 Å². The van der Waals surface area contributed by atoms with E-state index in [0.717, 1.165) is 22.5 Å². The minimum absolute atomic E-state index is 0.287. The van der Waals surface area contributed by atoms with Crippen molar-refractivity contribution in [1.82, 2.24) is 15.0 Å². The number of aromatic nitrogens is 3. The lowest BCUT2D eigenvalue weighted by atomic mass is 10.2. The summed E-state index contributed by atoms with van der Waals surface area (Å²) in [5.41, 5.74) is 3.74. The zero-order valence-corrected chi connectivity index (χ0v) is 16.5. The maximum atomic E-state index is 12.9. The third kappa shape index (κ3) is 4.67. The van der Waals surface area contributed by atoms with Gasteiger partial charge in [0.05, 0.1) is 12.2 Å². The van der Waals surface area contributed by atoms with Gasteiger partial charge in [-0.3, -0.25) is 9.78 Å². The average molecular weight is 395 g/mol. The summed E-state index contributed by atoms with van der Waals surface area (Å²) in [7, 11) is 0. The molecule has 2 aromatic heterocycles. The van der Waals surface area contributed by atoms with E-state index in [1.807, 2.05) is 79.7 Å². The fraction of sp³-hybridized carbons (Fsp3) is 0.0833. The summed E-state index contributed by atoms with van der Waals surface area (Å²) in [6.45, 7) is 2.44. The lowest BCUT2D eigenvalue weighted by Gasteiger charge is -2.11. The fourth-order valence-corrected chi connectivity index (χ4v) is 2.95. The van der Waals surface area contributed by atoms with Crippen LogP contribution in [0.2, 0.25) is 0 Å². The maximum Gasteiger partial charge on any atom is 0.274 e. The molecule has 0 radical (unpaired) electrons. The van der Waals surface area contributed by atoms with Gasteiger partial charge in [-0.2, -0.15) is 0 Å². The summed E-state index contributed by atoms with van der Waals surface area (Å²) in [4.78, 5) is 26.3. The van der Waals surface area contributed by atoms with E-state index in [1.54, 1.807) is 12.3 Å². The van der Waals surface area contributed by atoms with Crippen LogP contribution in [0.1, 0.15) is 21.7 Å². The van der Waals surface area contributed by atoms with Crippen LogP contribution in [0.4, 0.5) is 11.5 Å². The van der Waals surface area contributed by atoms with Gasteiger partial charge in [0.25, 0.3) is 5.91 Å². The maximum absolute atomic E-state index is 12.9. The third-order valence-electron chi connectivity index (χ3n) is 4.56. The van der Waals surface area contributed by atoms with Crippen LogP contribution >= 0.6 is 0 Å². The van der Waals surface area contributed by atoms with Gasteiger partial charge >= 0.3 is 0 Å². The van der Waals surface area contributed by atoms with Crippen molar-refractivity contribution in [3.05, 3.63) is 102 Å². The Labute approximate surface area is 175 Å². The lowest BCUT2D eigenvalue weighted by molar-refractivity contribution is 0.102. The molecule has 6 heteroatoms. The van der Waals surface area contributed by atoms with Crippen molar-refractivity contribution in [2.45, 2.75) is 13.5 Å². The summed E-state index contributed by atoms with van der Waals surface area (Å²) in [5, 5.41) is 6.18. The Hall–Kier alpha value is -4.06. The Morgan fingerprint density at radius 2 is 1.67 bits per heavy atom. The van der Waals surface area contributed by atoms with Gasteiger partial charge in [0.15, 0.2) is 5.82 Å². The van der Waals surface area contributed by atoms with Gasteiger partial charge in [-0.15, -0.1) is 0 Å². The first-order valence-electron chi connectivity index (χ1n) is 9.64. The van der Waals surface area contributed by atoms with Crippen LogP contribution in [0.3, 0.4) is 0 Å². The molecular formula is C24H21N5O. The molecule has 2 N–H and O–H groups in total. The highest BCUT2D eigenvalue weighted by molar-refractivity contribution is 6.03. The normalized spacial score (nSPS) is 10.4. The second kappa shape index (κ2) is 8.96. The summed E-state index contributed by atoms with van der Waals surface area (Å²) < 4.78 is 0. The van der Waals surface area contributed by atoms with Gasteiger partial charge in [0.2, 0.25) is 0 Å². The first-order valence-corrected chi connectivity index (χ1v) is 9.64. The van der Waals surface area contributed by atoms with Crippen LogP contribution in [0.15, 0.2) is 85.1 Å². The van der Waals surface area contributed by atoms with Crippen molar-refractivity contribution in [2.75, 3.05) is 10.6 Å². The minimum Gasteiger partial charge on any atom is -0.364 e. The molecule has 0 saturated heterocycles. The zero-order valence-electron chi connectivity index (χ0n) is 16.5. The number of carbonyl (C=O) groups is 1. The number of hydrogen-bond acceptors (Lipinski definition) is 5. The zero-order chi connectivity index (χ0) is 20.8. The van der Waals surface area contributed by atoms with Crippen molar-refractivity contribution in [3.63, 3.8) is 0 Å². The Morgan fingerprint density at radius 1 is 0.900 bits per heavy atom. The summed E-state index contributed by atoms with van der Waals surface area (Å²) in [5.74, 6) is 0.755. The largest absolute Gasteiger partial charge is 0.364 e. The molecule has 1 amide bonds. The Kier molecular flexibility index (Phi) is 5.75. The number of nitrogens with one attached hydrogen (secondary N) is 2. The van der Waals surface area contributed by atoms with Gasteiger partial charge in [-0.25, -0.2) is 9.97 Å². The van der Waals surface area contributed by atoms with Crippen molar-refractivity contribution in [1.29, 1.82) is 0 Å². The van der Waals surface area contributed by atoms with E-state index in [-0.39, 0.29) is 11.6 Å². The standard InChI is InChI=1S/C24H21N5O/c1-17-9-5-6-13-20(17)28-24(30)21-15-22(26-16-19-12-7-8-14-25-19)29-23(27-21)18-10-3-2-4-11-18/h2-15H,16H2,1H3,(H,28,30)(H,26,27,29). The fourth-order valence-electron chi connectivity index (χ4n) is 2.95. The second-order valence-corrected chi connectivity index (χ2v) is 6.77. The Bertz CT molecular complexity index is 1150. The number of anilines is 2. The van der Waals surface area contributed by atoms with E-state index in [4.69, 9.17) is 0 Å². The number of benzene rings is 2. The molecule has 4 aromatic rings. The molecule has 6 nitrogen and oxygen atoms in total. The molecule has 0 spiro atoms. The molecule has 30 heavy (non-hydrogen) atoms. The van der Waals surface area contributed by atoms with Crippen molar-refractivity contribution >= 4 is 17.4 Å². The molecule has 0 atom stereocenters. The molecule has 0 aliphatic carbocycles. The lowest BCUT2D eigenvalue weighted by Crippen LogP contribution is -2.16. The molecule has 0 saturated carbocycles. The van der Waals surface area contributed by atoms with Crippen LogP contribution in [0, 0.1) is 6.92 Å². The van der Waals surface area contributed by atoms with Gasteiger partial charge in [0, 0.05) is 23.5 Å². The molecule has 0 aliphatic rings. The molecular weight excluding hydrogens is 374 g/mol. The third-order valence-corrected chi connectivity index (χ3v) is 4.56. The van der Waals surface area contributed by atoms with Crippen molar-refractivity contribution in [2.24, 2.45) is 0 Å². The molecule has 0 bridgehead atoms. The van der Waals surface area contributed by atoms with Crippen LogP contribution in [-0.4, -0.2) is 20.9 Å². The van der Waals surface area contributed by atoms with E-state index in [0.29, 0.717) is 18.2 Å². The highest BCUT2D eigenvalue weighted by Crippen LogP contribution is 2.20. The van der Waals surface area contributed by atoms with Crippen LogP contribution in [0.5, 0.6) is 0 Å². The topological polar surface area (TPSA) is 79.8 Å². The quantitative estimate of drug-likeness (QED) is 0.494. The molecule has 0 unspecified atom stereocenters. The summed E-state index contributed by atoms with van der Waals surface area (Å²) in [6, 6.07) is 24.6. The molecule has 2 aromatic carbocycles. The highest BCUT2D eigenvalue weighted by Gasteiger charge is 2.14. The van der Waals surface area contributed by atoms with E-state index in [1.165, 1.54) is 0 Å². The highest BCUT2D eigenvalue weighted by atomic mass is 16.1. The van der Waals surface area contributed by atoms with Crippen molar-refractivity contribution < 1.29 is 4.79 Å². The number of aryl methyl sites for hydroxylation is 1. The van der Waals surface area contributed by atoms with Gasteiger partial charge < -0.3 is 10.6 Å². The molecule has 4 rings (SSSR count). The van der Waals surface area contributed by atoms with Gasteiger partial charge in [0.1, 0.15) is 11.5 Å². The first kappa shape index (κ1) is 19.3. The number of hydrogen-bond donors (Lipinski definition) is 2. The monoisotopic (exact) mass is 395 g/mol. The van der Waals surface area contributed by atoms with E-state index in [9.17, 15) is 4.79 Å². The number of nitrogens with zero attached hydrogens (tertiary/aromatic N) is 3. The van der Waals surface area contributed by atoms with Crippen LogP contribution < -0.4 is 10.6 Å². The smallest absolute Gasteiger partial charge is 0.274 e. The van der Waals surface area contributed by atoms with E-state index < -0.39 is 0 Å². The number of pyridine rings is 1. The van der Waals surface area contributed by atoms with Gasteiger partial charge in [-0.1, -0.05) is 54.6 Å².